The molecular formula is C10H19NO. The Kier molecular flexibility index (Phi) is 2.37. The molecule has 0 radical (unpaired) electrons. The molecule has 2 aliphatic rings. The quantitative estimate of drug-likeness (QED) is 0.669. The van der Waals surface area contributed by atoms with Crippen molar-refractivity contribution in [3.8, 4) is 0 Å². The van der Waals surface area contributed by atoms with E-state index in [-0.39, 0.29) is 6.10 Å². The van der Waals surface area contributed by atoms with Gasteiger partial charge in [0.05, 0.1) is 6.10 Å². The molecule has 0 aromatic rings. The summed E-state index contributed by atoms with van der Waals surface area (Å²) in [6.07, 6.45) is 5.18. The van der Waals surface area contributed by atoms with Gasteiger partial charge in [0.2, 0.25) is 0 Å². The van der Waals surface area contributed by atoms with Gasteiger partial charge >= 0.3 is 0 Å². The van der Waals surface area contributed by atoms with E-state index in [9.17, 15) is 5.11 Å². The molecule has 0 aliphatic heterocycles. The van der Waals surface area contributed by atoms with Crippen molar-refractivity contribution in [3.05, 3.63) is 0 Å². The number of rotatable bonds is 5. The molecule has 0 amide bonds. The maximum Gasteiger partial charge on any atom is 0.0695 e. The van der Waals surface area contributed by atoms with Crippen LogP contribution in [0, 0.1) is 5.92 Å². The van der Waals surface area contributed by atoms with Crippen LogP contribution in [0.25, 0.3) is 0 Å². The standard InChI is InChI=1S/C10H19NO/c1-2-11(9-5-6-9)7-10(12)8-3-4-8/h8-10,12H,2-7H2,1H3. The van der Waals surface area contributed by atoms with Crippen LogP contribution in [0.1, 0.15) is 32.6 Å². The van der Waals surface area contributed by atoms with Crippen molar-refractivity contribution >= 4 is 0 Å². The van der Waals surface area contributed by atoms with E-state index in [1.54, 1.807) is 0 Å². The molecule has 0 heterocycles. The Bertz CT molecular complexity index is 152. The van der Waals surface area contributed by atoms with Crippen LogP contribution in [0.15, 0.2) is 0 Å². The first-order chi connectivity index (χ1) is 5.81. The summed E-state index contributed by atoms with van der Waals surface area (Å²) >= 11 is 0. The molecule has 1 unspecified atom stereocenters. The Morgan fingerprint density at radius 3 is 2.42 bits per heavy atom. The van der Waals surface area contributed by atoms with E-state index >= 15 is 0 Å². The van der Waals surface area contributed by atoms with Crippen LogP contribution >= 0.6 is 0 Å². The first-order valence-electron chi connectivity index (χ1n) is 5.23. The van der Waals surface area contributed by atoms with Crippen molar-refractivity contribution in [1.29, 1.82) is 0 Å². The molecule has 0 aromatic carbocycles. The van der Waals surface area contributed by atoms with Gasteiger partial charge in [-0.2, -0.15) is 0 Å². The lowest BCUT2D eigenvalue weighted by Gasteiger charge is -2.22. The van der Waals surface area contributed by atoms with E-state index in [2.05, 4.69) is 11.8 Å². The minimum absolute atomic E-state index is 0.0365. The minimum Gasteiger partial charge on any atom is -0.392 e. The van der Waals surface area contributed by atoms with Gasteiger partial charge in [-0.15, -0.1) is 0 Å². The second kappa shape index (κ2) is 3.35. The smallest absolute Gasteiger partial charge is 0.0695 e. The van der Waals surface area contributed by atoms with Gasteiger partial charge in [0, 0.05) is 12.6 Å². The molecule has 2 nitrogen and oxygen atoms in total. The van der Waals surface area contributed by atoms with E-state index in [1.807, 2.05) is 0 Å². The predicted molar refractivity (Wildman–Crippen MR) is 49.0 cm³/mol. The summed E-state index contributed by atoms with van der Waals surface area (Å²) in [5.41, 5.74) is 0. The highest BCUT2D eigenvalue weighted by atomic mass is 16.3. The van der Waals surface area contributed by atoms with E-state index in [4.69, 9.17) is 0 Å². The third kappa shape index (κ3) is 1.99. The summed E-state index contributed by atoms with van der Waals surface area (Å²) in [4.78, 5) is 2.43. The summed E-state index contributed by atoms with van der Waals surface area (Å²) in [6.45, 7) is 4.22. The zero-order chi connectivity index (χ0) is 8.55. The zero-order valence-electron chi connectivity index (χ0n) is 7.87. The van der Waals surface area contributed by atoms with Crippen LogP contribution in [-0.2, 0) is 0 Å². The Labute approximate surface area is 74.6 Å². The van der Waals surface area contributed by atoms with E-state index in [0.717, 1.165) is 19.1 Å². The van der Waals surface area contributed by atoms with Crippen molar-refractivity contribution in [1.82, 2.24) is 4.90 Å². The fraction of sp³-hybridized carbons (Fsp3) is 1.00. The molecule has 2 heteroatoms. The number of aliphatic hydroxyl groups excluding tert-OH is 1. The van der Waals surface area contributed by atoms with Gasteiger partial charge in [-0.3, -0.25) is 4.90 Å². The number of aliphatic hydroxyl groups is 1. The second-order valence-corrected chi connectivity index (χ2v) is 4.22. The third-order valence-electron chi connectivity index (χ3n) is 3.06. The molecule has 2 rings (SSSR count). The molecule has 2 aliphatic carbocycles. The molecule has 0 bridgehead atoms. The molecule has 12 heavy (non-hydrogen) atoms. The Morgan fingerprint density at radius 2 is 2.00 bits per heavy atom. The Hall–Kier alpha value is -0.0800. The molecule has 1 N–H and O–H groups in total. The lowest BCUT2D eigenvalue weighted by atomic mass is 10.2. The van der Waals surface area contributed by atoms with Gasteiger partial charge in [-0.05, 0) is 38.1 Å². The molecule has 0 aromatic heterocycles. The van der Waals surface area contributed by atoms with Crippen molar-refractivity contribution in [3.63, 3.8) is 0 Å². The van der Waals surface area contributed by atoms with Crippen molar-refractivity contribution < 1.29 is 5.11 Å². The van der Waals surface area contributed by atoms with Crippen LogP contribution in [0.5, 0.6) is 0 Å². The predicted octanol–water partition coefficient (Wildman–Crippen LogP) is 1.24. The maximum absolute atomic E-state index is 9.73. The van der Waals surface area contributed by atoms with Crippen LogP contribution in [0.4, 0.5) is 0 Å². The summed E-state index contributed by atoms with van der Waals surface area (Å²) in [5, 5.41) is 9.73. The SMILES string of the molecule is CCN(CC(O)C1CC1)C1CC1. The first-order valence-corrected chi connectivity index (χ1v) is 5.23. The topological polar surface area (TPSA) is 23.5 Å². The molecule has 2 fully saturated rings. The highest BCUT2D eigenvalue weighted by Crippen LogP contribution is 2.34. The lowest BCUT2D eigenvalue weighted by molar-refractivity contribution is 0.0939. The Balaban J connectivity index is 1.73. The molecule has 1 atom stereocenters. The molecule has 0 saturated heterocycles. The average molecular weight is 169 g/mol. The second-order valence-electron chi connectivity index (χ2n) is 4.22. The molecular weight excluding hydrogens is 150 g/mol. The molecule has 2 saturated carbocycles. The summed E-state index contributed by atoms with van der Waals surface area (Å²) in [6, 6.07) is 0.809. The van der Waals surface area contributed by atoms with Crippen LogP contribution < -0.4 is 0 Å². The van der Waals surface area contributed by atoms with Gasteiger partial charge in [0.1, 0.15) is 0 Å². The fourth-order valence-electron chi connectivity index (χ4n) is 1.85. The van der Waals surface area contributed by atoms with E-state index in [1.165, 1.54) is 25.7 Å². The number of hydrogen-bond donors (Lipinski definition) is 1. The third-order valence-corrected chi connectivity index (χ3v) is 3.06. The van der Waals surface area contributed by atoms with Crippen LogP contribution in [-0.4, -0.2) is 35.2 Å². The van der Waals surface area contributed by atoms with Crippen molar-refractivity contribution in [2.24, 2.45) is 5.92 Å². The zero-order valence-corrected chi connectivity index (χ0v) is 7.87. The number of likely N-dealkylation sites (N-methyl/N-ethyl adjacent to an activating group) is 1. The van der Waals surface area contributed by atoms with Crippen LogP contribution in [0.3, 0.4) is 0 Å². The summed E-state index contributed by atoms with van der Waals surface area (Å²) in [5.74, 6) is 0.637. The van der Waals surface area contributed by atoms with Gasteiger partial charge in [-0.25, -0.2) is 0 Å². The lowest BCUT2D eigenvalue weighted by Crippen LogP contribution is -2.35. The Morgan fingerprint density at radius 1 is 1.33 bits per heavy atom. The number of nitrogens with zero attached hydrogens (tertiary/aromatic N) is 1. The van der Waals surface area contributed by atoms with Gasteiger partial charge in [0.25, 0.3) is 0 Å². The fourth-order valence-corrected chi connectivity index (χ4v) is 1.85. The van der Waals surface area contributed by atoms with E-state index < -0.39 is 0 Å². The van der Waals surface area contributed by atoms with Gasteiger partial charge < -0.3 is 5.11 Å². The maximum atomic E-state index is 9.73. The highest BCUT2D eigenvalue weighted by molar-refractivity contribution is 4.88. The normalized spacial score (nSPS) is 26.2. The van der Waals surface area contributed by atoms with Gasteiger partial charge in [0.15, 0.2) is 0 Å². The van der Waals surface area contributed by atoms with Crippen LogP contribution in [0.2, 0.25) is 0 Å². The summed E-state index contributed by atoms with van der Waals surface area (Å²) < 4.78 is 0. The van der Waals surface area contributed by atoms with Crippen molar-refractivity contribution in [2.45, 2.75) is 44.8 Å². The number of hydrogen-bond acceptors (Lipinski definition) is 2. The largest absolute Gasteiger partial charge is 0.392 e. The van der Waals surface area contributed by atoms with E-state index in [0.29, 0.717) is 5.92 Å². The highest BCUT2D eigenvalue weighted by Gasteiger charge is 2.34. The molecule has 70 valence electrons. The monoisotopic (exact) mass is 169 g/mol. The first kappa shape index (κ1) is 8.52. The molecule has 0 spiro atoms. The minimum atomic E-state index is -0.0365. The summed E-state index contributed by atoms with van der Waals surface area (Å²) in [7, 11) is 0. The van der Waals surface area contributed by atoms with Crippen molar-refractivity contribution in [2.75, 3.05) is 13.1 Å². The van der Waals surface area contributed by atoms with Gasteiger partial charge in [-0.1, -0.05) is 6.92 Å². The average Bonchev–Trinajstić information content (AvgIpc) is 2.89.